The molecule has 3 unspecified atom stereocenters. The first-order valence-electron chi connectivity index (χ1n) is 28.1. The number of aliphatic hydroxyl groups excluding tert-OH is 1. The predicted octanol–water partition coefficient (Wildman–Crippen LogP) is 16.6. The highest BCUT2D eigenvalue weighted by molar-refractivity contribution is 7.47. The summed E-state index contributed by atoms with van der Waals surface area (Å²) in [5, 5.41) is 9.81. The van der Waals surface area contributed by atoms with E-state index in [0.29, 0.717) is 19.3 Å². The quantitative estimate of drug-likeness (QED) is 0.0197. The maximum Gasteiger partial charge on any atom is 0.472 e. The normalized spacial score (nSPS) is 14.4. The fourth-order valence-electron chi connectivity index (χ4n) is 6.88. The van der Waals surface area contributed by atoms with E-state index in [9.17, 15) is 28.9 Å². The summed E-state index contributed by atoms with van der Waals surface area (Å²) in [7, 11) is -4.78. The van der Waals surface area contributed by atoms with Gasteiger partial charge in [0.1, 0.15) is 12.7 Å². The number of phosphoric acid groups is 1. The van der Waals surface area contributed by atoms with Crippen LogP contribution in [-0.4, -0.2) is 66.5 Å². The largest absolute Gasteiger partial charge is 0.472 e. The molecule has 0 spiro atoms. The first-order chi connectivity index (χ1) is 36.2. The minimum absolute atomic E-state index is 0.101. The highest BCUT2D eigenvalue weighted by atomic mass is 31.2. The highest BCUT2D eigenvalue weighted by Crippen LogP contribution is 2.43. The second kappa shape index (κ2) is 54.9. The van der Waals surface area contributed by atoms with Crippen molar-refractivity contribution < 1.29 is 52.2 Å². The van der Waals surface area contributed by atoms with Gasteiger partial charge in [-0.25, -0.2) is 4.57 Å². The highest BCUT2D eigenvalue weighted by Gasteiger charge is 2.28. The number of carbonyl (C=O) groups excluding carboxylic acids is 3. The summed E-state index contributed by atoms with van der Waals surface area (Å²) in [6.07, 6.45) is 68.4. The van der Waals surface area contributed by atoms with Crippen LogP contribution in [0.2, 0.25) is 0 Å². The number of hydrogen-bond donors (Lipinski definition) is 2. The number of ether oxygens (including phenoxy) is 3. The Bertz CT molecular complexity index is 1750. The lowest BCUT2D eigenvalue weighted by Crippen LogP contribution is -2.30. The lowest BCUT2D eigenvalue weighted by atomic mass is 10.1. The number of aliphatic hydroxyl groups is 1. The zero-order valence-electron chi connectivity index (χ0n) is 46.0. The van der Waals surface area contributed by atoms with Gasteiger partial charge in [0, 0.05) is 19.3 Å². The Balaban J connectivity index is 4.86. The van der Waals surface area contributed by atoms with Crippen molar-refractivity contribution in [1.29, 1.82) is 0 Å². The SMILES string of the molecule is CC/C=C\C/C=C\C/C=C\C/C=C\CCCCCCC(=O)OCC(COP(=O)(O)OCC(CO)OC(=O)CCCCCCC/C=C\C/C=C\C/C=C\CC)OC(=O)CCCC/C=C\C/C=C\C/C=C\C/C=C\CC. The Morgan fingerprint density at radius 3 is 1.04 bits per heavy atom. The maximum absolute atomic E-state index is 12.9. The first kappa shape index (κ1) is 69.6. The summed E-state index contributed by atoms with van der Waals surface area (Å²) in [6, 6.07) is 0. The summed E-state index contributed by atoms with van der Waals surface area (Å²) in [5.74, 6) is -1.58. The molecule has 0 aromatic carbocycles. The van der Waals surface area contributed by atoms with Gasteiger partial charge < -0.3 is 24.2 Å². The third-order valence-corrected chi connectivity index (χ3v) is 12.0. The molecule has 0 saturated heterocycles. The molecule has 0 aromatic rings. The van der Waals surface area contributed by atoms with E-state index in [4.69, 9.17) is 23.3 Å². The maximum atomic E-state index is 12.9. The third kappa shape index (κ3) is 52.5. The molecule has 0 fully saturated rings. The molecule has 2 N–H and O–H groups in total. The molecule has 418 valence electrons. The number of carbonyl (C=O) groups is 3. The number of phosphoric ester groups is 1. The standard InChI is InChI=1S/C62H99O11P/c1-4-7-10-13-16-19-22-25-28-29-32-33-36-39-42-45-48-51-60(64)69-55-59(73-62(66)53-50-47-44-41-38-35-31-27-24-21-18-15-12-9-6-3)57-71-74(67,68)70-56-58(54-63)72-61(65)52-49-46-43-40-37-34-30-26-23-20-17-14-11-8-5-2/h7-12,16-21,25-28,30-33,38,41,58-59,63H,4-6,13-15,22-24,29,34-37,39-40,42-57H2,1-3H3,(H,67,68)/b10-7-,11-8-,12-9-,19-16-,20-17-,21-18-,28-25-,30-26-,31-27-,33-32-,41-38-. The zero-order valence-corrected chi connectivity index (χ0v) is 46.9. The van der Waals surface area contributed by atoms with Crippen LogP contribution in [0, 0.1) is 0 Å². The summed E-state index contributed by atoms with van der Waals surface area (Å²) >= 11 is 0. The Morgan fingerprint density at radius 2 is 0.662 bits per heavy atom. The number of unbranched alkanes of at least 4 members (excludes halogenated alkanes) is 11. The summed E-state index contributed by atoms with van der Waals surface area (Å²) < 4.78 is 39.4. The molecule has 0 bridgehead atoms. The number of esters is 3. The van der Waals surface area contributed by atoms with E-state index in [1.165, 1.54) is 0 Å². The van der Waals surface area contributed by atoms with E-state index in [2.05, 4.69) is 154 Å². The van der Waals surface area contributed by atoms with E-state index in [-0.39, 0.29) is 25.9 Å². The molecule has 11 nitrogen and oxygen atoms in total. The molecule has 74 heavy (non-hydrogen) atoms. The Hall–Kier alpha value is -4.38. The fraction of sp³-hybridized carbons (Fsp3) is 0.597. The van der Waals surface area contributed by atoms with E-state index < -0.39 is 57.8 Å². The summed E-state index contributed by atoms with van der Waals surface area (Å²) in [6.45, 7) is 4.18. The van der Waals surface area contributed by atoms with Crippen molar-refractivity contribution >= 4 is 25.7 Å². The molecular formula is C62H99O11P. The fourth-order valence-corrected chi connectivity index (χ4v) is 7.66. The third-order valence-electron chi connectivity index (χ3n) is 11.1. The Kier molecular flexibility index (Phi) is 51.6. The van der Waals surface area contributed by atoms with Crippen LogP contribution in [0.5, 0.6) is 0 Å². The molecule has 0 aliphatic rings. The lowest BCUT2D eigenvalue weighted by Gasteiger charge is -2.21. The molecule has 0 rings (SSSR count). The summed E-state index contributed by atoms with van der Waals surface area (Å²) in [4.78, 5) is 48.5. The second-order valence-corrected chi connectivity index (χ2v) is 19.4. The minimum atomic E-state index is -4.78. The van der Waals surface area contributed by atoms with Gasteiger partial charge in [-0.2, -0.15) is 0 Å². The molecule has 3 atom stereocenters. The zero-order chi connectivity index (χ0) is 54.1. The average molecular weight is 1050 g/mol. The Morgan fingerprint density at radius 1 is 0.378 bits per heavy atom. The Labute approximate surface area is 449 Å². The van der Waals surface area contributed by atoms with Gasteiger partial charge >= 0.3 is 25.7 Å². The van der Waals surface area contributed by atoms with Gasteiger partial charge in [0.25, 0.3) is 0 Å². The monoisotopic (exact) mass is 1050 g/mol. The van der Waals surface area contributed by atoms with Crippen LogP contribution >= 0.6 is 7.82 Å². The van der Waals surface area contributed by atoms with E-state index in [1.54, 1.807) is 0 Å². The van der Waals surface area contributed by atoms with Crippen LogP contribution in [0.3, 0.4) is 0 Å². The average Bonchev–Trinajstić information content (AvgIpc) is 3.39. The predicted molar refractivity (Wildman–Crippen MR) is 306 cm³/mol. The molecule has 0 aromatic heterocycles. The molecule has 0 saturated carbocycles. The lowest BCUT2D eigenvalue weighted by molar-refractivity contribution is -0.161. The van der Waals surface area contributed by atoms with Crippen molar-refractivity contribution in [1.82, 2.24) is 0 Å². The van der Waals surface area contributed by atoms with E-state index >= 15 is 0 Å². The van der Waals surface area contributed by atoms with Gasteiger partial charge in [0.2, 0.25) is 0 Å². The van der Waals surface area contributed by atoms with Crippen molar-refractivity contribution in [3.05, 3.63) is 134 Å². The second-order valence-electron chi connectivity index (χ2n) is 18.0. The van der Waals surface area contributed by atoms with Crippen LogP contribution in [-0.2, 0) is 42.2 Å². The van der Waals surface area contributed by atoms with Crippen LogP contribution in [0.4, 0.5) is 0 Å². The summed E-state index contributed by atoms with van der Waals surface area (Å²) in [5.41, 5.74) is 0. The van der Waals surface area contributed by atoms with E-state index in [0.717, 1.165) is 141 Å². The molecule has 12 heteroatoms. The number of allylic oxidation sites excluding steroid dienone is 22. The first-order valence-corrected chi connectivity index (χ1v) is 29.6. The van der Waals surface area contributed by atoms with Gasteiger partial charge in [0.15, 0.2) is 6.10 Å². The van der Waals surface area contributed by atoms with Gasteiger partial charge in [0.05, 0.1) is 19.8 Å². The molecule has 0 radical (unpaired) electrons. The van der Waals surface area contributed by atoms with Crippen LogP contribution in [0.15, 0.2) is 134 Å². The topological polar surface area (TPSA) is 155 Å². The smallest absolute Gasteiger partial charge is 0.462 e. The van der Waals surface area contributed by atoms with Gasteiger partial charge in [-0.3, -0.25) is 23.4 Å². The van der Waals surface area contributed by atoms with Crippen LogP contribution in [0.1, 0.15) is 201 Å². The van der Waals surface area contributed by atoms with Crippen molar-refractivity contribution in [2.45, 2.75) is 213 Å². The molecule has 0 heterocycles. The number of hydrogen-bond acceptors (Lipinski definition) is 10. The minimum Gasteiger partial charge on any atom is -0.462 e. The number of rotatable bonds is 50. The molecule has 0 aliphatic carbocycles. The molecule has 0 amide bonds. The van der Waals surface area contributed by atoms with E-state index in [1.807, 2.05) is 0 Å². The molecular weight excluding hydrogens is 952 g/mol. The molecule has 0 aliphatic heterocycles. The van der Waals surface area contributed by atoms with Gasteiger partial charge in [-0.15, -0.1) is 0 Å². The van der Waals surface area contributed by atoms with Crippen molar-refractivity contribution in [3.63, 3.8) is 0 Å². The van der Waals surface area contributed by atoms with Gasteiger partial charge in [-0.1, -0.05) is 187 Å². The van der Waals surface area contributed by atoms with Crippen molar-refractivity contribution in [3.8, 4) is 0 Å². The van der Waals surface area contributed by atoms with Crippen molar-refractivity contribution in [2.75, 3.05) is 26.4 Å². The van der Waals surface area contributed by atoms with Gasteiger partial charge in [-0.05, 0) is 128 Å². The van der Waals surface area contributed by atoms with Crippen molar-refractivity contribution in [2.24, 2.45) is 0 Å². The van der Waals surface area contributed by atoms with Crippen LogP contribution < -0.4 is 0 Å². The van der Waals surface area contributed by atoms with Crippen LogP contribution in [0.25, 0.3) is 0 Å².